The lowest BCUT2D eigenvalue weighted by atomic mass is 10.2. The molecule has 6 heteroatoms. The number of nitrogens with one attached hydrogen (secondary N) is 1. The Morgan fingerprint density at radius 1 is 0.906 bits per heavy atom. The standard InChI is InChI=1S/C26H33N5O/c1-21-26(22(2)31(28-21)24-12-7-4-8-13-24)27-25(32)14-17-29-15-9-16-30(19-18-29)20-23-10-5-3-6-11-23/h3-8,10-13H,9,14-20H2,1-2H3,(H,27,32). The van der Waals surface area contributed by atoms with Crippen molar-refractivity contribution in [1.29, 1.82) is 0 Å². The van der Waals surface area contributed by atoms with Crippen LogP contribution < -0.4 is 5.32 Å². The quantitative estimate of drug-likeness (QED) is 0.614. The lowest BCUT2D eigenvalue weighted by Crippen LogP contribution is -2.32. The summed E-state index contributed by atoms with van der Waals surface area (Å²) in [5.41, 5.74) is 4.98. The Kier molecular flexibility index (Phi) is 7.35. The number of benzene rings is 2. The van der Waals surface area contributed by atoms with Crippen molar-refractivity contribution >= 4 is 11.6 Å². The van der Waals surface area contributed by atoms with E-state index in [4.69, 9.17) is 0 Å². The Morgan fingerprint density at radius 3 is 2.31 bits per heavy atom. The van der Waals surface area contributed by atoms with Crippen LogP contribution >= 0.6 is 0 Å². The number of nitrogens with zero attached hydrogens (tertiary/aromatic N) is 4. The first-order chi connectivity index (χ1) is 15.6. The fraction of sp³-hybridized carbons (Fsp3) is 0.385. The topological polar surface area (TPSA) is 53.4 Å². The molecule has 0 atom stereocenters. The second-order valence-electron chi connectivity index (χ2n) is 8.55. The SMILES string of the molecule is Cc1nn(-c2ccccc2)c(C)c1NC(=O)CCN1CCCN(Cc2ccccc2)CC1. The number of aryl methyl sites for hydroxylation is 1. The monoisotopic (exact) mass is 431 g/mol. The number of rotatable bonds is 7. The van der Waals surface area contributed by atoms with Crippen LogP contribution in [-0.2, 0) is 11.3 Å². The second-order valence-corrected chi connectivity index (χ2v) is 8.55. The van der Waals surface area contributed by atoms with Crippen LogP contribution in [0.2, 0.25) is 0 Å². The third-order valence-corrected chi connectivity index (χ3v) is 6.14. The van der Waals surface area contributed by atoms with Crippen LogP contribution in [0.15, 0.2) is 60.7 Å². The first kappa shape index (κ1) is 22.2. The van der Waals surface area contributed by atoms with E-state index in [1.54, 1.807) is 0 Å². The van der Waals surface area contributed by atoms with E-state index in [0.717, 1.165) is 68.5 Å². The maximum atomic E-state index is 12.7. The summed E-state index contributed by atoms with van der Waals surface area (Å²) >= 11 is 0. The molecule has 0 radical (unpaired) electrons. The van der Waals surface area contributed by atoms with Crippen LogP contribution in [0.5, 0.6) is 0 Å². The van der Waals surface area contributed by atoms with Gasteiger partial charge in [-0.1, -0.05) is 48.5 Å². The van der Waals surface area contributed by atoms with Crippen molar-refractivity contribution in [1.82, 2.24) is 19.6 Å². The molecule has 6 nitrogen and oxygen atoms in total. The van der Waals surface area contributed by atoms with Gasteiger partial charge >= 0.3 is 0 Å². The van der Waals surface area contributed by atoms with E-state index in [1.165, 1.54) is 5.56 Å². The average molecular weight is 432 g/mol. The lowest BCUT2D eigenvalue weighted by molar-refractivity contribution is -0.116. The van der Waals surface area contributed by atoms with Crippen LogP contribution in [0.1, 0.15) is 29.8 Å². The average Bonchev–Trinajstić information content (AvgIpc) is 2.96. The van der Waals surface area contributed by atoms with E-state index < -0.39 is 0 Å². The summed E-state index contributed by atoms with van der Waals surface area (Å²) in [6, 6.07) is 20.7. The molecule has 0 unspecified atom stereocenters. The van der Waals surface area contributed by atoms with Crippen molar-refractivity contribution in [2.75, 3.05) is 38.0 Å². The Hall–Kier alpha value is -2.96. The molecule has 1 aliphatic heterocycles. The zero-order valence-corrected chi connectivity index (χ0v) is 19.1. The molecule has 168 valence electrons. The van der Waals surface area contributed by atoms with Gasteiger partial charge in [-0.25, -0.2) is 4.68 Å². The fourth-order valence-electron chi connectivity index (χ4n) is 4.35. The summed E-state index contributed by atoms with van der Waals surface area (Å²) in [5, 5.41) is 7.73. The van der Waals surface area contributed by atoms with E-state index in [0.29, 0.717) is 6.42 Å². The molecule has 4 rings (SSSR count). The molecule has 1 N–H and O–H groups in total. The van der Waals surface area contributed by atoms with Gasteiger partial charge in [-0.3, -0.25) is 9.69 Å². The van der Waals surface area contributed by atoms with Crippen LogP contribution in [0, 0.1) is 13.8 Å². The van der Waals surface area contributed by atoms with Crippen molar-refractivity contribution in [3.05, 3.63) is 77.6 Å². The molecule has 1 saturated heterocycles. The zero-order chi connectivity index (χ0) is 22.3. The summed E-state index contributed by atoms with van der Waals surface area (Å²) in [6.07, 6.45) is 1.63. The van der Waals surface area contributed by atoms with Crippen molar-refractivity contribution < 1.29 is 4.79 Å². The molecule has 2 heterocycles. The minimum atomic E-state index is 0.0502. The highest BCUT2D eigenvalue weighted by atomic mass is 16.1. The van der Waals surface area contributed by atoms with Crippen LogP contribution in [0.4, 0.5) is 5.69 Å². The van der Waals surface area contributed by atoms with Crippen LogP contribution in [0.25, 0.3) is 5.69 Å². The molecular weight excluding hydrogens is 398 g/mol. The molecule has 0 spiro atoms. The number of carbonyl (C=O) groups is 1. The Balaban J connectivity index is 1.28. The zero-order valence-electron chi connectivity index (χ0n) is 19.1. The smallest absolute Gasteiger partial charge is 0.225 e. The maximum absolute atomic E-state index is 12.7. The largest absolute Gasteiger partial charge is 0.323 e. The Labute approximate surface area is 190 Å². The summed E-state index contributed by atoms with van der Waals surface area (Å²) in [4.78, 5) is 17.6. The number of anilines is 1. The molecule has 0 aliphatic carbocycles. The number of aromatic nitrogens is 2. The minimum absolute atomic E-state index is 0.0502. The molecule has 1 amide bonds. The summed E-state index contributed by atoms with van der Waals surface area (Å²) in [6.45, 7) is 9.92. The maximum Gasteiger partial charge on any atom is 0.225 e. The van der Waals surface area contributed by atoms with Gasteiger partial charge in [0.1, 0.15) is 0 Å². The van der Waals surface area contributed by atoms with Crippen molar-refractivity contribution in [3.8, 4) is 5.69 Å². The molecule has 3 aromatic rings. The van der Waals surface area contributed by atoms with Gasteiger partial charge in [0.25, 0.3) is 0 Å². The summed E-state index contributed by atoms with van der Waals surface area (Å²) < 4.78 is 1.89. The highest BCUT2D eigenvalue weighted by molar-refractivity contribution is 5.92. The first-order valence-electron chi connectivity index (χ1n) is 11.5. The van der Waals surface area contributed by atoms with Gasteiger partial charge in [0.15, 0.2) is 0 Å². The number of para-hydroxylation sites is 1. The highest BCUT2D eigenvalue weighted by Gasteiger charge is 2.18. The molecule has 0 bridgehead atoms. The second kappa shape index (κ2) is 10.6. The normalized spacial score (nSPS) is 15.4. The molecule has 1 aliphatic rings. The number of carbonyl (C=O) groups excluding carboxylic acids is 1. The molecule has 1 fully saturated rings. The third kappa shape index (κ3) is 5.64. The van der Waals surface area contributed by atoms with Crippen LogP contribution in [-0.4, -0.2) is 58.2 Å². The highest BCUT2D eigenvalue weighted by Crippen LogP contribution is 2.23. The van der Waals surface area contributed by atoms with Gasteiger partial charge < -0.3 is 10.2 Å². The van der Waals surface area contributed by atoms with E-state index in [2.05, 4.69) is 50.5 Å². The minimum Gasteiger partial charge on any atom is -0.323 e. The fourth-order valence-corrected chi connectivity index (χ4v) is 4.35. The molecule has 1 aromatic heterocycles. The van der Waals surface area contributed by atoms with E-state index in [1.807, 2.05) is 48.9 Å². The van der Waals surface area contributed by atoms with E-state index >= 15 is 0 Å². The van der Waals surface area contributed by atoms with E-state index in [9.17, 15) is 4.79 Å². The van der Waals surface area contributed by atoms with E-state index in [-0.39, 0.29) is 5.91 Å². The molecular formula is C26H33N5O. The first-order valence-corrected chi connectivity index (χ1v) is 11.5. The van der Waals surface area contributed by atoms with Gasteiger partial charge in [0.05, 0.1) is 22.8 Å². The van der Waals surface area contributed by atoms with Gasteiger partial charge in [-0.05, 0) is 51.1 Å². The Morgan fingerprint density at radius 2 is 1.56 bits per heavy atom. The number of amides is 1. The van der Waals surface area contributed by atoms with Gasteiger partial charge in [-0.15, -0.1) is 0 Å². The number of hydrogen-bond donors (Lipinski definition) is 1. The molecule has 32 heavy (non-hydrogen) atoms. The summed E-state index contributed by atoms with van der Waals surface area (Å²) in [7, 11) is 0. The van der Waals surface area contributed by atoms with Crippen molar-refractivity contribution in [2.45, 2.75) is 33.2 Å². The summed E-state index contributed by atoms with van der Waals surface area (Å²) in [5.74, 6) is 0.0502. The van der Waals surface area contributed by atoms with Gasteiger partial charge in [-0.2, -0.15) is 5.10 Å². The predicted molar refractivity (Wildman–Crippen MR) is 129 cm³/mol. The van der Waals surface area contributed by atoms with Gasteiger partial charge in [0.2, 0.25) is 5.91 Å². The molecule has 2 aromatic carbocycles. The number of hydrogen-bond acceptors (Lipinski definition) is 4. The predicted octanol–water partition coefficient (Wildman–Crippen LogP) is 4.03. The van der Waals surface area contributed by atoms with Crippen LogP contribution in [0.3, 0.4) is 0 Å². The van der Waals surface area contributed by atoms with Crippen molar-refractivity contribution in [2.24, 2.45) is 0 Å². The third-order valence-electron chi connectivity index (χ3n) is 6.14. The Bertz CT molecular complexity index is 1020. The van der Waals surface area contributed by atoms with Crippen molar-refractivity contribution in [3.63, 3.8) is 0 Å². The molecule has 0 saturated carbocycles. The van der Waals surface area contributed by atoms with Gasteiger partial charge in [0, 0.05) is 32.6 Å². The lowest BCUT2D eigenvalue weighted by Gasteiger charge is -2.21.